The number of allylic oxidation sites excluding steroid dienone is 3. The Morgan fingerprint density at radius 2 is 1.44 bits per heavy atom. The van der Waals surface area contributed by atoms with E-state index in [9.17, 15) is 0 Å². The predicted octanol–water partition coefficient (Wildman–Crippen LogP) is 5.68. The van der Waals surface area contributed by atoms with Gasteiger partial charge in [0.2, 0.25) is 6.41 Å². The Labute approximate surface area is 196 Å². The highest BCUT2D eigenvalue weighted by Gasteiger charge is 2.21. The number of hydrogen-bond donors (Lipinski definition) is 2. The molecule has 32 heavy (non-hydrogen) atoms. The number of nitrogen functional groups attached to an aromatic ring is 1. The van der Waals surface area contributed by atoms with Crippen LogP contribution in [0.15, 0.2) is 55.1 Å². The molecule has 1 aliphatic heterocycles. The number of amides is 1. The number of fused-ring (bicyclic) bond motifs is 1. The average molecular weight is 451 g/mol. The Hall–Kier alpha value is -2.90. The van der Waals surface area contributed by atoms with Gasteiger partial charge in [-0.25, -0.2) is 4.68 Å². The number of nitrogens with two attached hydrogens (primary N) is 2. The number of primary amides is 1. The van der Waals surface area contributed by atoms with Gasteiger partial charge in [0.15, 0.2) is 0 Å². The highest BCUT2D eigenvalue weighted by atomic mass is 16.5. The number of aromatic nitrogens is 2. The Bertz CT molecular complexity index is 659. The standard InChI is InChI=1S/C11H11N3O.C4H8.C3H6.C2H6O.2C2H6.CH3NO/c12-11-9-6-15-7-10(9)13-14(11)8-4-2-1-3-5-8;1-3-4-2;2*1-3-2;2*1-2;2-1-3/h1-5H,6-7,12H2;3-4H,1-2H3;3H,1H2,2H3;1-2H3;2*1-2H3;1H,(H2,2,3)/b;4-3-;;;;;. The van der Waals surface area contributed by atoms with E-state index < -0.39 is 0 Å². The lowest BCUT2D eigenvalue weighted by atomic mass is 10.3. The fourth-order valence-corrected chi connectivity index (χ4v) is 1.80. The monoisotopic (exact) mass is 450 g/mol. The zero-order valence-corrected chi connectivity index (χ0v) is 21.6. The molecule has 2 heterocycles. The summed E-state index contributed by atoms with van der Waals surface area (Å²) in [7, 11) is 3.25. The van der Waals surface area contributed by atoms with Crippen LogP contribution in [0.4, 0.5) is 5.82 Å². The van der Waals surface area contributed by atoms with Crippen LogP contribution < -0.4 is 11.5 Å². The van der Waals surface area contributed by atoms with Crippen LogP contribution in [0, 0.1) is 0 Å². The zero-order valence-electron chi connectivity index (χ0n) is 21.6. The molecule has 1 aromatic heterocycles. The van der Waals surface area contributed by atoms with Crippen LogP contribution in [0.3, 0.4) is 0 Å². The predicted molar refractivity (Wildman–Crippen MR) is 139 cm³/mol. The molecular formula is C25H46N4O3. The largest absolute Gasteiger partial charge is 0.388 e. The molecule has 0 fully saturated rings. The summed E-state index contributed by atoms with van der Waals surface area (Å²) >= 11 is 0. The summed E-state index contributed by atoms with van der Waals surface area (Å²) in [6.45, 7) is 18.4. The third-order valence-corrected chi connectivity index (χ3v) is 2.93. The number of methoxy groups -OCH3 is 1. The van der Waals surface area contributed by atoms with Gasteiger partial charge < -0.3 is 20.9 Å². The second kappa shape index (κ2) is 30.3. The molecule has 0 radical (unpaired) electrons. The van der Waals surface area contributed by atoms with Crippen LogP contribution in [-0.4, -0.2) is 30.4 Å². The average Bonchev–Trinajstić information content (AvgIpc) is 3.42. The molecule has 4 N–H and O–H groups in total. The minimum absolute atomic E-state index is 0.250. The van der Waals surface area contributed by atoms with Gasteiger partial charge in [0, 0.05) is 19.8 Å². The van der Waals surface area contributed by atoms with Crippen molar-refractivity contribution in [3.05, 3.63) is 66.4 Å². The van der Waals surface area contributed by atoms with Gasteiger partial charge in [0.05, 0.1) is 24.6 Å². The van der Waals surface area contributed by atoms with Crippen LogP contribution in [0.25, 0.3) is 5.69 Å². The van der Waals surface area contributed by atoms with Crippen LogP contribution in [0.5, 0.6) is 0 Å². The van der Waals surface area contributed by atoms with E-state index in [1.807, 2.05) is 91.0 Å². The number of benzene rings is 1. The molecule has 0 atom stereocenters. The van der Waals surface area contributed by atoms with Crippen molar-refractivity contribution in [1.29, 1.82) is 0 Å². The topological polar surface area (TPSA) is 105 Å². The zero-order chi connectivity index (χ0) is 25.8. The maximum atomic E-state index is 8.58. The SMILES string of the molecule is C/C=C\C.C=CC.CC.CC.COC.NC=O.Nc1c2c(nn1-c1ccccc1)COC2. The fraction of sp³-hybridized carbons (Fsp3) is 0.440. The minimum Gasteiger partial charge on any atom is -0.388 e. The summed E-state index contributed by atoms with van der Waals surface area (Å²) in [6, 6.07) is 9.88. The molecule has 2 aromatic rings. The number of para-hydroxylation sites is 1. The molecule has 7 heteroatoms. The maximum Gasteiger partial charge on any atom is 0.204 e. The van der Waals surface area contributed by atoms with E-state index in [1.54, 1.807) is 25.0 Å². The van der Waals surface area contributed by atoms with Crippen LogP contribution >= 0.6 is 0 Å². The van der Waals surface area contributed by atoms with Crippen molar-refractivity contribution in [2.24, 2.45) is 5.73 Å². The highest BCUT2D eigenvalue weighted by Crippen LogP contribution is 2.26. The van der Waals surface area contributed by atoms with E-state index in [4.69, 9.17) is 15.3 Å². The van der Waals surface area contributed by atoms with Gasteiger partial charge in [-0.15, -0.1) is 6.58 Å². The van der Waals surface area contributed by atoms with Crippen molar-refractivity contribution in [2.75, 3.05) is 20.0 Å². The molecule has 0 aliphatic carbocycles. The Morgan fingerprint density at radius 3 is 1.78 bits per heavy atom. The summed E-state index contributed by atoms with van der Waals surface area (Å²) < 4.78 is 11.3. The molecular weight excluding hydrogens is 404 g/mol. The molecule has 0 bridgehead atoms. The number of hydrogen-bond acceptors (Lipinski definition) is 5. The molecule has 0 unspecified atom stereocenters. The van der Waals surface area contributed by atoms with Crippen LogP contribution in [0.2, 0.25) is 0 Å². The normalized spacial score (nSPS) is 9.53. The molecule has 184 valence electrons. The van der Waals surface area contributed by atoms with Gasteiger partial charge in [-0.05, 0) is 32.9 Å². The van der Waals surface area contributed by atoms with E-state index in [0.29, 0.717) is 19.0 Å². The van der Waals surface area contributed by atoms with E-state index in [0.717, 1.165) is 16.9 Å². The Balaban J connectivity index is -0.000000193. The fourth-order valence-electron chi connectivity index (χ4n) is 1.80. The van der Waals surface area contributed by atoms with Gasteiger partial charge in [-0.3, -0.25) is 4.79 Å². The molecule has 3 rings (SSSR count). The highest BCUT2D eigenvalue weighted by molar-refractivity contribution is 5.50. The van der Waals surface area contributed by atoms with E-state index >= 15 is 0 Å². The lowest BCUT2D eigenvalue weighted by molar-refractivity contribution is -0.106. The number of ether oxygens (including phenoxy) is 2. The van der Waals surface area contributed by atoms with Crippen molar-refractivity contribution in [3.8, 4) is 5.69 Å². The van der Waals surface area contributed by atoms with Gasteiger partial charge in [0.1, 0.15) is 5.82 Å². The lowest BCUT2D eigenvalue weighted by Crippen LogP contribution is -2.03. The summed E-state index contributed by atoms with van der Waals surface area (Å²) in [6.07, 6.45) is 6.00. The summed E-state index contributed by atoms with van der Waals surface area (Å²) in [5.41, 5.74) is 13.1. The van der Waals surface area contributed by atoms with Crippen molar-refractivity contribution >= 4 is 12.2 Å². The Kier molecular flexibility index (Phi) is 34.5. The number of nitrogens with zero attached hydrogens (tertiary/aromatic N) is 2. The smallest absolute Gasteiger partial charge is 0.204 e. The number of rotatable bonds is 1. The number of carbonyl (C=O) groups is 1. The minimum atomic E-state index is 0.250. The van der Waals surface area contributed by atoms with Crippen molar-refractivity contribution in [1.82, 2.24) is 9.78 Å². The van der Waals surface area contributed by atoms with Gasteiger partial charge in [-0.1, -0.05) is 64.1 Å². The first-order chi connectivity index (χ1) is 15.5. The quantitative estimate of drug-likeness (QED) is 0.430. The van der Waals surface area contributed by atoms with E-state index in [1.165, 1.54) is 0 Å². The van der Waals surface area contributed by atoms with Crippen molar-refractivity contribution < 1.29 is 14.3 Å². The van der Waals surface area contributed by atoms with E-state index in [2.05, 4.69) is 22.1 Å². The summed E-state index contributed by atoms with van der Waals surface area (Å²) in [5, 5.41) is 4.43. The number of carbonyl (C=O) groups excluding carboxylic acids is 1. The van der Waals surface area contributed by atoms with Crippen LogP contribution in [0.1, 0.15) is 59.7 Å². The molecule has 0 saturated carbocycles. The summed E-state index contributed by atoms with van der Waals surface area (Å²) in [5.74, 6) is 0.689. The van der Waals surface area contributed by atoms with Crippen molar-refractivity contribution in [2.45, 2.75) is 61.7 Å². The molecule has 1 aliphatic rings. The third-order valence-electron chi connectivity index (χ3n) is 2.93. The molecule has 0 saturated heterocycles. The molecule has 7 nitrogen and oxygen atoms in total. The first-order valence-corrected chi connectivity index (χ1v) is 10.7. The van der Waals surface area contributed by atoms with Gasteiger partial charge in [0.25, 0.3) is 0 Å². The van der Waals surface area contributed by atoms with Crippen molar-refractivity contribution in [3.63, 3.8) is 0 Å². The molecule has 1 aromatic carbocycles. The second-order valence-corrected chi connectivity index (χ2v) is 5.17. The molecule has 1 amide bonds. The molecule has 0 spiro atoms. The first-order valence-electron chi connectivity index (χ1n) is 10.7. The summed E-state index contributed by atoms with van der Waals surface area (Å²) in [4.78, 5) is 8.58. The van der Waals surface area contributed by atoms with Crippen LogP contribution in [-0.2, 0) is 27.5 Å². The second-order valence-electron chi connectivity index (χ2n) is 5.17. The van der Waals surface area contributed by atoms with Gasteiger partial charge in [-0.2, -0.15) is 5.10 Å². The lowest BCUT2D eigenvalue weighted by Gasteiger charge is -2.04. The Morgan fingerprint density at radius 1 is 1.03 bits per heavy atom. The van der Waals surface area contributed by atoms with E-state index in [-0.39, 0.29) is 6.41 Å². The third kappa shape index (κ3) is 17.9. The maximum absolute atomic E-state index is 8.58. The number of anilines is 1. The van der Waals surface area contributed by atoms with Gasteiger partial charge >= 0.3 is 0 Å². The first kappa shape index (κ1) is 36.5.